The lowest BCUT2D eigenvalue weighted by Gasteiger charge is -2.35. The third-order valence-corrected chi connectivity index (χ3v) is 4.70. The Morgan fingerprint density at radius 3 is 2.38 bits per heavy atom. The monoisotopic (exact) mass is 384 g/mol. The van der Waals surface area contributed by atoms with E-state index in [0.29, 0.717) is 5.02 Å². The van der Waals surface area contributed by atoms with Crippen LogP contribution in [-0.2, 0) is 0 Å². The first-order chi connectivity index (χ1) is 8.97. The van der Waals surface area contributed by atoms with E-state index in [4.69, 9.17) is 11.6 Å². The Hall–Kier alpha value is 0.280. The van der Waals surface area contributed by atoms with Gasteiger partial charge in [-0.2, -0.15) is 13.2 Å². The second kappa shape index (κ2) is 9.43. The standard InChI is InChI=1S/C12H16ClF3N2S.2ClH/c13-9-2-8-19-11(9)10(1-3-12(14,15)16)18-6-4-17-5-7-18;;/h2,8,10,17H,1,3-7H2;2*1H/t10-;;/m1../s1. The van der Waals surface area contributed by atoms with Crippen LogP contribution in [0.3, 0.4) is 0 Å². The van der Waals surface area contributed by atoms with E-state index in [2.05, 4.69) is 10.2 Å². The van der Waals surface area contributed by atoms with Gasteiger partial charge in [-0.15, -0.1) is 36.2 Å². The number of halogens is 6. The Morgan fingerprint density at radius 2 is 1.90 bits per heavy atom. The summed E-state index contributed by atoms with van der Waals surface area (Å²) in [4.78, 5) is 2.95. The molecule has 0 amide bonds. The normalized spacial score (nSPS) is 17.7. The summed E-state index contributed by atoms with van der Waals surface area (Å²) in [5.41, 5.74) is 0. The number of nitrogens with zero attached hydrogens (tertiary/aromatic N) is 1. The van der Waals surface area contributed by atoms with E-state index in [-0.39, 0.29) is 37.3 Å². The van der Waals surface area contributed by atoms with E-state index >= 15 is 0 Å². The van der Waals surface area contributed by atoms with E-state index in [9.17, 15) is 13.2 Å². The summed E-state index contributed by atoms with van der Waals surface area (Å²) in [7, 11) is 0. The van der Waals surface area contributed by atoms with Gasteiger partial charge in [0.2, 0.25) is 0 Å². The molecule has 0 saturated carbocycles. The van der Waals surface area contributed by atoms with E-state index in [1.54, 1.807) is 6.07 Å². The summed E-state index contributed by atoms with van der Waals surface area (Å²) in [6.07, 6.45) is -4.81. The van der Waals surface area contributed by atoms with Gasteiger partial charge >= 0.3 is 6.18 Å². The molecule has 1 aromatic heterocycles. The minimum atomic E-state index is -4.12. The van der Waals surface area contributed by atoms with Gasteiger partial charge < -0.3 is 5.32 Å². The van der Waals surface area contributed by atoms with E-state index < -0.39 is 12.6 Å². The zero-order chi connectivity index (χ0) is 13.9. The van der Waals surface area contributed by atoms with Crippen LogP contribution in [0.15, 0.2) is 11.4 Å². The highest BCUT2D eigenvalue weighted by molar-refractivity contribution is 7.10. The molecule has 1 atom stereocenters. The topological polar surface area (TPSA) is 15.3 Å². The highest BCUT2D eigenvalue weighted by atomic mass is 35.5. The van der Waals surface area contributed by atoms with Crippen LogP contribution >= 0.6 is 47.8 Å². The smallest absolute Gasteiger partial charge is 0.314 e. The second-order valence-electron chi connectivity index (χ2n) is 4.59. The van der Waals surface area contributed by atoms with Gasteiger partial charge in [-0.3, -0.25) is 4.90 Å². The molecule has 1 aromatic rings. The first kappa shape index (κ1) is 21.3. The Kier molecular flexibility index (Phi) is 9.55. The second-order valence-corrected chi connectivity index (χ2v) is 5.94. The number of hydrogen-bond acceptors (Lipinski definition) is 3. The number of alkyl halides is 3. The molecule has 2 heterocycles. The minimum Gasteiger partial charge on any atom is -0.314 e. The summed E-state index contributed by atoms with van der Waals surface area (Å²) in [5.74, 6) is 0. The Labute approximate surface area is 143 Å². The van der Waals surface area contributed by atoms with Crippen molar-refractivity contribution in [1.29, 1.82) is 0 Å². The number of rotatable bonds is 4. The zero-order valence-electron chi connectivity index (χ0n) is 11.2. The van der Waals surface area contributed by atoms with Crippen LogP contribution in [0.1, 0.15) is 23.8 Å². The maximum absolute atomic E-state index is 12.5. The molecular formula is C12H18Cl3F3N2S. The van der Waals surface area contributed by atoms with Gasteiger partial charge in [0, 0.05) is 43.5 Å². The minimum absolute atomic E-state index is 0. The molecule has 1 aliphatic heterocycles. The molecule has 0 aliphatic carbocycles. The number of hydrogen-bond donors (Lipinski definition) is 1. The van der Waals surface area contributed by atoms with Gasteiger partial charge in [0.15, 0.2) is 0 Å². The molecule has 1 aliphatic rings. The quantitative estimate of drug-likeness (QED) is 0.819. The van der Waals surface area contributed by atoms with Crippen molar-refractivity contribution in [2.45, 2.75) is 25.1 Å². The fourth-order valence-electron chi connectivity index (χ4n) is 2.32. The third-order valence-electron chi connectivity index (χ3n) is 3.24. The lowest BCUT2D eigenvalue weighted by atomic mass is 10.1. The predicted octanol–water partition coefficient (Wildman–Crippen LogP) is 4.53. The van der Waals surface area contributed by atoms with Crippen LogP contribution in [0.5, 0.6) is 0 Å². The van der Waals surface area contributed by atoms with E-state index in [1.807, 2.05) is 5.38 Å². The molecule has 1 saturated heterocycles. The van der Waals surface area contributed by atoms with Crippen molar-refractivity contribution >= 4 is 47.8 Å². The number of thiophene rings is 1. The first-order valence-corrected chi connectivity index (χ1v) is 7.47. The van der Waals surface area contributed by atoms with Crippen molar-refractivity contribution in [2.24, 2.45) is 0 Å². The van der Waals surface area contributed by atoms with Gasteiger partial charge in [-0.05, 0) is 17.9 Å². The molecule has 0 radical (unpaired) electrons. The predicted molar refractivity (Wildman–Crippen MR) is 86.3 cm³/mol. The lowest BCUT2D eigenvalue weighted by molar-refractivity contribution is -0.138. The van der Waals surface area contributed by atoms with Gasteiger partial charge in [-0.25, -0.2) is 0 Å². The molecule has 1 fully saturated rings. The van der Waals surface area contributed by atoms with Crippen molar-refractivity contribution in [3.05, 3.63) is 21.3 Å². The Bertz CT molecular complexity index is 409. The van der Waals surface area contributed by atoms with Gasteiger partial charge in [0.25, 0.3) is 0 Å². The largest absolute Gasteiger partial charge is 0.389 e. The van der Waals surface area contributed by atoms with Crippen LogP contribution in [0, 0.1) is 0 Å². The fourth-order valence-corrected chi connectivity index (χ4v) is 3.67. The molecule has 1 N–H and O–H groups in total. The van der Waals surface area contributed by atoms with Crippen molar-refractivity contribution in [1.82, 2.24) is 10.2 Å². The average molecular weight is 386 g/mol. The average Bonchev–Trinajstić information content (AvgIpc) is 2.76. The number of piperazine rings is 1. The van der Waals surface area contributed by atoms with Crippen LogP contribution in [-0.4, -0.2) is 37.3 Å². The van der Waals surface area contributed by atoms with Crippen molar-refractivity contribution in [3.8, 4) is 0 Å². The molecule has 9 heteroatoms. The van der Waals surface area contributed by atoms with Crippen LogP contribution < -0.4 is 5.32 Å². The molecule has 2 nitrogen and oxygen atoms in total. The molecule has 2 rings (SSSR count). The molecular weight excluding hydrogens is 368 g/mol. The zero-order valence-corrected chi connectivity index (χ0v) is 14.4. The molecule has 21 heavy (non-hydrogen) atoms. The molecule has 0 bridgehead atoms. The first-order valence-electron chi connectivity index (χ1n) is 6.22. The van der Waals surface area contributed by atoms with Crippen LogP contribution in [0.4, 0.5) is 13.2 Å². The van der Waals surface area contributed by atoms with Crippen LogP contribution in [0.25, 0.3) is 0 Å². The summed E-state index contributed by atoms with van der Waals surface area (Å²) in [5, 5.41) is 5.62. The summed E-state index contributed by atoms with van der Waals surface area (Å²) >= 11 is 7.53. The summed E-state index contributed by atoms with van der Waals surface area (Å²) in [6.45, 7) is 3.14. The van der Waals surface area contributed by atoms with Gasteiger partial charge in [-0.1, -0.05) is 11.6 Å². The summed E-state index contributed by atoms with van der Waals surface area (Å²) < 4.78 is 37.4. The molecule has 124 valence electrons. The molecule has 0 spiro atoms. The molecule has 0 unspecified atom stereocenters. The lowest BCUT2D eigenvalue weighted by Crippen LogP contribution is -2.45. The van der Waals surface area contributed by atoms with E-state index in [1.165, 1.54) is 11.3 Å². The maximum Gasteiger partial charge on any atom is 0.389 e. The maximum atomic E-state index is 12.5. The van der Waals surface area contributed by atoms with Gasteiger partial charge in [0.05, 0.1) is 5.02 Å². The highest BCUT2D eigenvalue weighted by Gasteiger charge is 2.32. The molecule has 0 aromatic carbocycles. The Balaban J connectivity index is 0.00000200. The van der Waals surface area contributed by atoms with Crippen LogP contribution in [0.2, 0.25) is 5.02 Å². The van der Waals surface area contributed by atoms with Crippen molar-refractivity contribution < 1.29 is 13.2 Å². The van der Waals surface area contributed by atoms with E-state index in [0.717, 1.165) is 31.1 Å². The highest BCUT2D eigenvalue weighted by Crippen LogP contribution is 2.37. The van der Waals surface area contributed by atoms with Gasteiger partial charge in [0.1, 0.15) is 0 Å². The van der Waals surface area contributed by atoms with Crippen molar-refractivity contribution in [2.75, 3.05) is 26.2 Å². The van der Waals surface area contributed by atoms with Crippen molar-refractivity contribution in [3.63, 3.8) is 0 Å². The third kappa shape index (κ3) is 6.50. The summed E-state index contributed by atoms with van der Waals surface area (Å²) in [6, 6.07) is 1.53. The fraction of sp³-hybridized carbons (Fsp3) is 0.667. The SMILES string of the molecule is Cl.Cl.FC(F)(F)CC[C@H](c1sccc1Cl)N1CCNCC1. The number of nitrogens with one attached hydrogen (secondary N) is 1. The Morgan fingerprint density at radius 1 is 1.29 bits per heavy atom.